The maximum absolute atomic E-state index is 13.0. The molecule has 1 fully saturated rings. The van der Waals surface area contributed by atoms with Crippen LogP contribution < -0.4 is 5.32 Å². The Balaban J connectivity index is 1.99. The van der Waals surface area contributed by atoms with Crippen molar-refractivity contribution in [2.45, 2.75) is 6.54 Å². The lowest BCUT2D eigenvalue weighted by atomic mass is 10.0. The molecule has 0 aliphatic carbocycles. The molecule has 1 N–H and O–H groups in total. The highest BCUT2D eigenvalue weighted by Gasteiger charge is 2.27. The number of hydrogen-bond donors (Lipinski definition) is 1. The van der Waals surface area contributed by atoms with Gasteiger partial charge in [0.15, 0.2) is 0 Å². The molecule has 1 saturated heterocycles. The average molecular weight is 257 g/mol. The summed E-state index contributed by atoms with van der Waals surface area (Å²) in [6, 6.07) is 4.52. The van der Waals surface area contributed by atoms with E-state index in [-0.39, 0.29) is 16.8 Å². The lowest BCUT2D eigenvalue weighted by molar-refractivity contribution is -0.136. The maximum Gasteiger partial charge on any atom is 0.228 e. The fraction of sp³-hybridized carbons (Fsp3) is 0.417. The lowest BCUT2D eigenvalue weighted by Crippen LogP contribution is -2.50. The highest BCUT2D eigenvalue weighted by atomic mass is 35.5. The van der Waals surface area contributed by atoms with Crippen LogP contribution in [0.4, 0.5) is 4.39 Å². The lowest BCUT2D eigenvalue weighted by Gasteiger charge is -2.30. The highest BCUT2D eigenvalue weighted by Crippen LogP contribution is 2.17. The topological polar surface area (TPSA) is 32.3 Å². The molecule has 0 radical (unpaired) electrons. The fourth-order valence-electron chi connectivity index (χ4n) is 1.76. The van der Waals surface area contributed by atoms with Gasteiger partial charge >= 0.3 is 0 Å². The Morgan fingerprint density at radius 2 is 2.29 bits per heavy atom. The van der Waals surface area contributed by atoms with Crippen LogP contribution in [-0.4, -0.2) is 30.9 Å². The Kier molecular flexibility index (Phi) is 3.64. The monoisotopic (exact) mass is 256 g/mol. The molecule has 0 bridgehead atoms. The van der Waals surface area contributed by atoms with Crippen LogP contribution in [0.25, 0.3) is 0 Å². The van der Waals surface area contributed by atoms with E-state index >= 15 is 0 Å². The van der Waals surface area contributed by atoms with Crippen LogP contribution in [-0.2, 0) is 11.3 Å². The van der Waals surface area contributed by atoms with E-state index in [4.69, 9.17) is 11.6 Å². The number of carbonyl (C=O) groups is 1. The van der Waals surface area contributed by atoms with Crippen LogP contribution in [0.15, 0.2) is 18.2 Å². The minimum Gasteiger partial charge on any atom is -0.341 e. The Labute approximate surface area is 105 Å². The zero-order valence-electron chi connectivity index (χ0n) is 9.54. The molecule has 2 rings (SSSR count). The molecule has 1 aliphatic rings. The van der Waals surface area contributed by atoms with Gasteiger partial charge in [0.25, 0.3) is 0 Å². The zero-order chi connectivity index (χ0) is 12.4. The van der Waals surface area contributed by atoms with Gasteiger partial charge in [-0.2, -0.15) is 0 Å². The Bertz CT molecular complexity index is 435. The van der Waals surface area contributed by atoms with Crippen molar-refractivity contribution in [2.75, 3.05) is 20.1 Å². The number of amides is 1. The smallest absolute Gasteiger partial charge is 0.228 e. The standard InChI is InChI=1S/C12H14ClFN2O/c1-16(12(17)9-5-15-6-9)7-8-2-3-11(14)10(13)4-8/h2-4,9,15H,5-7H2,1H3. The number of nitrogens with one attached hydrogen (secondary N) is 1. The van der Waals surface area contributed by atoms with E-state index in [2.05, 4.69) is 5.32 Å². The minimum atomic E-state index is -0.437. The normalized spacial score (nSPS) is 15.5. The van der Waals surface area contributed by atoms with Gasteiger partial charge in [0.1, 0.15) is 5.82 Å². The first kappa shape index (κ1) is 12.3. The number of halogens is 2. The number of hydrogen-bond acceptors (Lipinski definition) is 2. The summed E-state index contributed by atoms with van der Waals surface area (Å²) in [4.78, 5) is 13.5. The Hall–Kier alpha value is -1.13. The van der Waals surface area contributed by atoms with Crippen molar-refractivity contribution >= 4 is 17.5 Å². The van der Waals surface area contributed by atoms with Gasteiger partial charge in [-0.3, -0.25) is 4.79 Å². The quantitative estimate of drug-likeness (QED) is 0.892. The first-order valence-corrected chi connectivity index (χ1v) is 5.85. The molecule has 0 atom stereocenters. The summed E-state index contributed by atoms with van der Waals surface area (Å²) in [6.45, 7) is 1.94. The van der Waals surface area contributed by atoms with Crippen LogP contribution >= 0.6 is 11.6 Å². The molecule has 0 aromatic heterocycles. The maximum atomic E-state index is 13.0. The molecule has 92 valence electrons. The predicted octanol–water partition coefficient (Wildman–Crippen LogP) is 1.66. The number of carbonyl (C=O) groups excluding carboxylic acids is 1. The molecule has 1 aliphatic heterocycles. The summed E-state index contributed by atoms with van der Waals surface area (Å²) in [6.07, 6.45) is 0. The zero-order valence-corrected chi connectivity index (χ0v) is 10.3. The largest absolute Gasteiger partial charge is 0.341 e. The fourth-order valence-corrected chi connectivity index (χ4v) is 1.97. The van der Waals surface area contributed by atoms with Gasteiger partial charge in [-0.05, 0) is 17.7 Å². The number of rotatable bonds is 3. The summed E-state index contributed by atoms with van der Waals surface area (Å²) in [5, 5.41) is 3.15. The molecular weight excluding hydrogens is 243 g/mol. The molecule has 1 amide bonds. The second kappa shape index (κ2) is 5.02. The van der Waals surface area contributed by atoms with Crippen LogP contribution in [0, 0.1) is 11.7 Å². The molecule has 1 aromatic rings. The molecular formula is C12H14ClFN2O. The van der Waals surface area contributed by atoms with Crippen molar-refractivity contribution in [3.05, 3.63) is 34.6 Å². The van der Waals surface area contributed by atoms with E-state index in [0.717, 1.165) is 18.7 Å². The molecule has 1 aromatic carbocycles. The Morgan fingerprint density at radius 1 is 1.59 bits per heavy atom. The third-order valence-electron chi connectivity index (χ3n) is 2.91. The second-order valence-corrected chi connectivity index (χ2v) is 4.71. The second-order valence-electron chi connectivity index (χ2n) is 4.30. The summed E-state index contributed by atoms with van der Waals surface area (Å²) in [5.74, 6) is -0.243. The van der Waals surface area contributed by atoms with Crippen molar-refractivity contribution < 1.29 is 9.18 Å². The summed E-state index contributed by atoms with van der Waals surface area (Å²) in [7, 11) is 1.75. The minimum absolute atomic E-state index is 0.0796. The van der Waals surface area contributed by atoms with Crippen LogP contribution in [0.2, 0.25) is 5.02 Å². The SMILES string of the molecule is CN(Cc1ccc(F)c(Cl)c1)C(=O)C1CNC1. The molecule has 0 spiro atoms. The van der Waals surface area contributed by atoms with Crippen LogP contribution in [0.5, 0.6) is 0 Å². The molecule has 0 unspecified atom stereocenters. The average Bonchev–Trinajstić information content (AvgIpc) is 2.21. The summed E-state index contributed by atoms with van der Waals surface area (Å²) < 4.78 is 13.0. The van der Waals surface area contributed by atoms with E-state index < -0.39 is 5.82 Å². The van der Waals surface area contributed by atoms with Crippen molar-refractivity contribution in [3.8, 4) is 0 Å². The van der Waals surface area contributed by atoms with Crippen molar-refractivity contribution in [3.63, 3.8) is 0 Å². The third-order valence-corrected chi connectivity index (χ3v) is 3.20. The van der Waals surface area contributed by atoms with Gasteiger partial charge in [-0.25, -0.2) is 4.39 Å². The number of benzene rings is 1. The van der Waals surface area contributed by atoms with Gasteiger partial charge in [-0.15, -0.1) is 0 Å². The van der Waals surface area contributed by atoms with E-state index in [1.807, 2.05) is 0 Å². The van der Waals surface area contributed by atoms with Crippen molar-refractivity contribution in [1.29, 1.82) is 0 Å². The summed E-state index contributed by atoms with van der Waals surface area (Å²) >= 11 is 5.69. The van der Waals surface area contributed by atoms with Gasteiger partial charge in [0, 0.05) is 26.7 Å². The molecule has 17 heavy (non-hydrogen) atoms. The van der Waals surface area contributed by atoms with Crippen LogP contribution in [0.3, 0.4) is 0 Å². The molecule has 0 saturated carbocycles. The van der Waals surface area contributed by atoms with E-state index in [1.54, 1.807) is 24.1 Å². The molecule has 1 heterocycles. The van der Waals surface area contributed by atoms with Crippen molar-refractivity contribution in [2.24, 2.45) is 5.92 Å². The number of nitrogens with zero attached hydrogens (tertiary/aromatic N) is 1. The van der Waals surface area contributed by atoms with E-state index in [9.17, 15) is 9.18 Å². The first-order valence-electron chi connectivity index (χ1n) is 5.47. The van der Waals surface area contributed by atoms with Gasteiger partial charge in [-0.1, -0.05) is 17.7 Å². The van der Waals surface area contributed by atoms with E-state index in [1.165, 1.54) is 6.07 Å². The van der Waals surface area contributed by atoms with Crippen molar-refractivity contribution in [1.82, 2.24) is 10.2 Å². The Morgan fingerprint density at radius 3 is 2.82 bits per heavy atom. The van der Waals surface area contributed by atoms with E-state index in [0.29, 0.717) is 6.54 Å². The van der Waals surface area contributed by atoms with Gasteiger partial charge in [0.2, 0.25) is 5.91 Å². The van der Waals surface area contributed by atoms with Crippen LogP contribution in [0.1, 0.15) is 5.56 Å². The molecule has 5 heteroatoms. The van der Waals surface area contributed by atoms with Gasteiger partial charge < -0.3 is 10.2 Å². The first-order chi connectivity index (χ1) is 8.08. The predicted molar refractivity (Wildman–Crippen MR) is 64.2 cm³/mol. The highest BCUT2D eigenvalue weighted by molar-refractivity contribution is 6.30. The third kappa shape index (κ3) is 2.76. The summed E-state index contributed by atoms with van der Waals surface area (Å²) in [5.41, 5.74) is 0.833. The molecule has 3 nitrogen and oxygen atoms in total. The van der Waals surface area contributed by atoms with Gasteiger partial charge in [0.05, 0.1) is 10.9 Å².